The summed E-state index contributed by atoms with van der Waals surface area (Å²) in [6, 6.07) is 10.0. The van der Waals surface area contributed by atoms with Gasteiger partial charge in [-0.05, 0) is 36.4 Å². The Morgan fingerprint density at radius 1 is 1.07 bits per heavy atom. The Bertz CT molecular complexity index is 1030. The van der Waals surface area contributed by atoms with Crippen molar-refractivity contribution in [3.05, 3.63) is 58.1 Å². The molecule has 1 fully saturated rings. The molecule has 1 saturated heterocycles. The van der Waals surface area contributed by atoms with Gasteiger partial charge in [-0.25, -0.2) is 13.2 Å². The van der Waals surface area contributed by atoms with E-state index in [1.807, 2.05) is 0 Å². The molecule has 1 amide bonds. The number of hydrogen-bond donors (Lipinski definition) is 1. The van der Waals surface area contributed by atoms with E-state index in [0.717, 1.165) is 0 Å². The van der Waals surface area contributed by atoms with E-state index in [0.29, 0.717) is 13.2 Å². The number of amides is 1. The average molecular weight is 473 g/mol. The summed E-state index contributed by atoms with van der Waals surface area (Å²) in [6.45, 7) is 0.631. The maximum absolute atomic E-state index is 12.7. The molecule has 0 radical (unpaired) electrons. The SMILES string of the molecule is O=C(COC(=O)c1cc(Cl)cc(Cl)c1)Nc1cccc(S(=O)(=O)N2CCOCC2)c1. The van der Waals surface area contributed by atoms with Crippen LogP contribution in [0.5, 0.6) is 0 Å². The van der Waals surface area contributed by atoms with E-state index in [1.165, 1.54) is 46.8 Å². The molecule has 0 spiro atoms. The molecule has 3 rings (SSSR count). The molecule has 2 aromatic rings. The third-order valence-corrected chi connectivity index (χ3v) is 6.49. The van der Waals surface area contributed by atoms with Crippen LogP contribution in [-0.2, 0) is 24.3 Å². The predicted octanol–water partition coefficient (Wildman–Crippen LogP) is 2.81. The van der Waals surface area contributed by atoms with Crippen LogP contribution in [0.1, 0.15) is 10.4 Å². The fourth-order valence-corrected chi connectivity index (χ4v) is 4.73. The van der Waals surface area contributed by atoms with E-state index >= 15 is 0 Å². The number of sulfonamides is 1. The molecule has 1 heterocycles. The van der Waals surface area contributed by atoms with Crippen molar-refractivity contribution in [2.75, 3.05) is 38.2 Å². The second kappa shape index (κ2) is 9.76. The van der Waals surface area contributed by atoms with Crippen LogP contribution in [0.15, 0.2) is 47.4 Å². The summed E-state index contributed by atoms with van der Waals surface area (Å²) in [5.41, 5.74) is 0.370. The van der Waals surface area contributed by atoms with E-state index in [4.69, 9.17) is 32.7 Å². The fourth-order valence-electron chi connectivity index (χ4n) is 2.75. The van der Waals surface area contributed by atoms with Crippen LogP contribution in [0, 0.1) is 0 Å². The summed E-state index contributed by atoms with van der Waals surface area (Å²) in [7, 11) is -3.70. The monoisotopic (exact) mass is 472 g/mol. The van der Waals surface area contributed by atoms with Crippen molar-refractivity contribution in [1.29, 1.82) is 0 Å². The number of benzene rings is 2. The normalized spacial score (nSPS) is 14.9. The zero-order valence-corrected chi connectivity index (χ0v) is 18.0. The summed E-state index contributed by atoms with van der Waals surface area (Å²) in [4.78, 5) is 24.2. The minimum absolute atomic E-state index is 0.0489. The van der Waals surface area contributed by atoms with Crippen molar-refractivity contribution in [3.63, 3.8) is 0 Å². The smallest absolute Gasteiger partial charge is 0.338 e. The van der Waals surface area contributed by atoms with Crippen molar-refractivity contribution >= 4 is 50.8 Å². The molecule has 0 bridgehead atoms. The molecule has 30 heavy (non-hydrogen) atoms. The lowest BCUT2D eigenvalue weighted by Gasteiger charge is -2.26. The Hall–Kier alpha value is -2.17. The topological polar surface area (TPSA) is 102 Å². The van der Waals surface area contributed by atoms with Gasteiger partial charge in [0.05, 0.1) is 23.7 Å². The molecule has 11 heteroatoms. The molecule has 2 aromatic carbocycles. The van der Waals surface area contributed by atoms with Crippen molar-refractivity contribution in [3.8, 4) is 0 Å². The number of hydrogen-bond acceptors (Lipinski definition) is 6. The highest BCUT2D eigenvalue weighted by Gasteiger charge is 2.26. The molecular formula is C19H18Cl2N2O6S. The highest BCUT2D eigenvalue weighted by atomic mass is 35.5. The van der Waals surface area contributed by atoms with Crippen molar-refractivity contribution in [2.24, 2.45) is 0 Å². The second-order valence-electron chi connectivity index (χ2n) is 6.33. The lowest BCUT2D eigenvalue weighted by atomic mass is 10.2. The molecule has 1 N–H and O–H groups in total. The number of nitrogens with zero attached hydrogens (tertiary/aromatic N) is 1. The molecule has 8 nitrogen and oxygen atoms in total. The first kappa shape index (κ1) is 22.5. The van der Waals surface area contributed by atoms with Crippen molar-refractivity contribution in [1.82, 2.24) is 4.31 Å². The van der Waals surface area contributed by atoms with E-state index in [1.54, 1.807) is 0 Å². The molecule has 1 aliphatic heterocycles. The largest absolute Gasteiger partial charge is 0.452 e. The van der Waals surface area contributed by atoms with Gasteiger partial charge in [0.25, 0.3) is 5.91 Å². The van der Waals surface area contributed by atoms with Crippen LogP contribution < -0.4 is 5.32 Å². The molecule has 0 atom stereocenters. The van der Waals surface area contributed by atoms with E-state index < -0.39 is 28.5 Å². The van der Waals surface area contributed by atoms with Crippen LogP contribution in [0.3, 0.4) is 0 Å². The number of carbonyl (C=O) groups excluding carboxylic acids is 2. The zero-order chi connectivity index (χ0) is 21.7. The number of rotatable bonds is 6. The Balaban J connectivity index is 1.61. The molecule has 0 aliphatic carbocycles. The summed E-state index contributed by atoms with van der Waals surface area (Å²) >= 11 is 11.7. The van der Waals surface area contributed by atoms with Gasteiger partial charge in [-0.1, -0.05) is 29.3 Å². The van der Waals surface area contributed by atoms with Crippen molar-refractivity contribution in [2.45, 2.75) is 4.90 Å². The molecule has 0 unspecified atom stereocenters. The summed E-state index contributed by atoms with van der Waals surface area (Å²) < 4.78 is 36.9. The van der Waals surface area contributed by atoms with E-state index in [9.17, 15) is 18.0 Å². The van der Waals surface area contributed by atoms with Gasteiger partial charge in [-0.3, -0.25) is 4.79 Å². The Kier molecular flexibility index (Phi) is 7.32. The van der Waals surface area contributed by atoms with Gasteiger partial charge >= 0.3 is 5.97 Å². The summed E-state index contributed by atoms with van der Waals surface area (Å²) in [5.74, 6) is -1.39. The maximum Gasteiger partial charge on any atom is 0.338 e. The molecular weight excluding hydrogens is 455 g/mol. The molecule has 0 saturated carbocycles. The number of halogens is 2. The molecule has 1 aliphatic rings. The first-order valence-electron chi connectivity index (χ1n) is 8.87. The van der Waals surface area contributed by atoms with Crippen LogP contribution in [-0.4, -0.2) is 57.5 Å². The third kappa shape index (κ3) is 5.71. The number of morpholine rings is 1. The minimum atomic E-state index is -3.70. The zero-order valence-electron chi connectivity index (χ0n) is 15.6. The van der Waals surface area contributed by atoms with Crippen molar-refractivity contribution < 1.29 is 27.5 Å². The van der Waals surface area contributed by atoms with Gasteiger partial charge in [0.15, 0.2) is 6.61 Å². The first-order chi connectivity index (χ1) is 14.3. The van der Waals surface area contributed by atoms with Gasteiger partial charge < -0.3 is 14.8 Å². The Labute approximate surface area is 183 Å². The van der Waals surface area contributed by atoms with Gasteiger partial charge in [0, 0.05) is 28.8 Å². The van der Waals surface area contributed by atoms with Crippen LogP contribution in [0.4, 0.5) is 5.69 Å². The van der Waals surface area contributed by atoms with Gasteiger partial charge in [0.2, 0.25) is 10.0 Å². The standard InChI is InChI=1S/C19H18Cl2N2O6S/c20-14-8-13(9-15(21)10-14)19(25)29-12-18(24)22-16-2-1-3-17(11-16)30(26,27)23-4-6-28-7-5-23/h1-3,8-11H,4-7,12H2,(H,22,24). The summed E-state index contributed by atoms with van der Waals surface area (Å²) in [5, 5.41) is 3.03. The average Bonchev–Trinajstić information content (AvgIpc) is 2.72. The maximum atomic E-state index is 12.7. The van der Waals surface area contributed by atoms with Crippen LogP contribution in [0.2, 0.25) is 10.0 Å². The minimum Gasteiger partial charge on any atom is -0.452 e. The lowest BCUT2D eigenvalue weighted by molar-refractivity contribution is -0.119. The Morgan fingerprint density at radius 2 is 1.73 bits per heavy atom. The fraction of sp³-hybridized carbons (Fsp3) is 0.263. The molecule has 160 valence electrons. The number of nitrogens with one attached hydrogen (secondary N) is 1. The first-order valence-corrected chi connectivity index (χ1v) is 11.1. The highest BCUT2D eigenvalue weighted by Crippen LogP contribution is 2.21. The molecule has 0 aromatic heterocycles. The van der Waals surface area contributed by atoms with Crippen LogP contribution in [0.25, 0.3) is 0 Å². The Morgan fingerprint density at radius 3 is 2.40 bits per heavy atom. The lowest BCUT2D eigenvalue weighted by Crippen LogP contribution is -2.40. The van der Waals surface area contributed by atoms with Crippen LogP contribution >= 0.6 is 23.2 Å². The predicted molar refractivity (Wildman–Crippen MR) is 111 cm³/mol. The second-order valence-corrected chi connectivity index (χ2v) is 9.14. The number of ether oxygens (including phenoxy) is 2. The highest BCUT2D eigenvalue weighted by molar-refractivity contribution is 7.89. The van der Waals surface area contributed by atoms with E-state index in [-0.39, 0.29) is 39.3 Å². The van der Waals surface area contributed by atoms with Gasteiger partial charge in [-0.2, -0.15) is 4.31 Å². The summed E-state index contributed by atoms with van der Waals surface area (Å²) in [6.07, 6.45) is 0. The number of carbonyl (C=O) groups is 2. The number of anilines is 1. The quantitative estimate of drug-likeness (QED) is 0.648. The van der Waals surface area contributed by atoms with E-state index in [2.05, 4.69) is 5.32 Å². The number of esters is 1. The third-order valence-electron chi connectivity index (χ3n) is 4.16. The van der Waals surface area contributed by atoms with Gasteiger partial charge in [-0.15, -0.1) is 0 Å². The van der Waals surface area contributed by atoms with Gasteiger partial charge in [0.1, 0.15) is 0 Å².